The fraction of sp³-hybridized carbons (Fsp3) is 0.231. The molecule has 0 fully saturated rings. The third kappa shape index (κ3) is 3.46. The van der Waals surface area contributed by atoms with Gasteiger partial charge in [-0.05, 0) is 41.9 Å². The van der Waals surface area contributed by atoms with Gasteiger partial charge >= 0.3 is 0 Å². The van der Waals surface area contributed by atoms with Crippen molar-refractivity contribution in [3.63, 3.8) is 0 Å². The predicted molar refractivity (Wildman–Crippen MR) is 81.4 cm³/mol. The van der Waals surface area contributed by atoms with Gasteiger partial charge in [-0.3, -0.25) is 14.9 Å². The molecule has 0 saturated heterocycles. The molecule has 8 heteroatoms. The average Bonchev–Trinajstić information content (AvgIpc) is 2.84. The number of amides is 1. The van der Waals surface area contributed by atoms with Crippen LogP contribution in [0.1, 0.15) is 30.4 Å². The number of nitrogens with one attached hydrogen (secondary N) is 1. The molecule has 0 radical (unpaired) electrons. The number of nitro groups is 1. The topological polar surface area (TPSA) is 90.1 Å². The minimum absolute atomic E-state index is 0.0741. The maximum absolute atomic E-state index is 12.3. The van der Waals surface area contributed by atoms with Gasteiger partial charge in [0.25, 0.3) is 11.6 Å². The van der Waals surface area contributed by atoms with Gasteiger partial charge in [-0.1, -0.05) is 6.07 Å². The Morgan fingerprint density at radius 3 is 2.76 bits per heavy atom. The van der Waals surface area contributed by atoms with Gasteiger partial charge in [0, 0.05) is 12.1 Å². The molecule has 0 aromatic carbocycles. The molecule has 0 unspecified atom stereocenters. The Hall–Kier alpha value is -2.22. The smallest absolute Gasteiger partial charge is 0.287 e. The van der Waals surface area contributed by atoms with Crippen LogP contribution in [0.25, 0.3) is 0 Å². The van der Waals surface area contributed by atoms with Crippen molar-refractivity contribution >= 4 is 33.3 Å². The number of aromatic nitrogens is 2. The van der Waals surface area contributed by atoms with Gasteiger partial charge < -0.3 is 9.88 Å². The van der Waals surface area contributed by atoms with Crippen LogP contribution in [0.2, 0.25) is 0 Å². The summed E-state index contributed by atoms with van der Waals surface area (Å²) in [6, 6.07) is 6.29. The van der Waals surface area contributed by atoms with Crippen LogP contribution in [0.5, 0.6) is 0 Å². The molecule has 7 nitrogen and oxygen atoms in total. The van der Waals surface area contributed by atoms with Crippen LogP contribution in [0, 0.1) is 10.1 Å². The summed E-state index contributed by atoms with van der Waals surface area (Å²) in [6.45, 7) is 3.69. The standard InChI is InChI=1S/C13H13BrN4O3/c1-8(2)17-7-9(18(20)21)6-10(17)13(19)16-12-5-3-4-11(14)15-12/h3-8H,1-2H3,(H,15,16,19). The van der Waals surface area contributed by atoms with Gasteiger partial charge in [0.05, 0.1) is 11.1 Å². The lowest BCUT2D eigenvalue weighted by Gasteiger charge is -2.11. The Labute approximate surface area is 129 Å². The van der Waals surface area contributed by atoms with Gasteiger partial charge in [-0.25, -0.2) is 4.98 Å². The number of pyridine rings is 1. The number of nitrogens with zero attached hydrogens (tertiary/aromatic N) is 3. The molecule has 0 bridgehead atoms. The first-order chi connectivity index (χ1) is 9.88. The molecule has 2 aromatic heterocycles. The van der Waals surface area contributed by atoms with E-state index in [-0.39, 0.29) is 17.4 Å². The van der Waals surface area contributed by atoms with Crippen molar-refractivity contribution in [3.8, 4) is 0 Å². The van der Waals surface area contributed by atoms with Crippen LogP contribution in [-0.4, -0.2) is 20.4 Å². The zero-order valence-electron chi connectivity index (χ0n) is 11.4. The van der Waals surface area contributed by atoms with Crippen molar-refractivity contribution < 1.29 is 9.72 Å². The van der Waals surface area contributed by atoms with Gasteiger partial charge in [0.15, 0.2) is 0 Å². The Morgan fingerprint density at radius 1 is 1.48 bits per heavy atom. The van der Waals surface area contributed by atoms with Gasteiger partial charge in [-0.15, -0.1) is 0 Å². The van der Waals surface area contributed by atoms with E-state index in [1.54, 1.807) is 22.8 Å². The highest BCUT2D eigenvalue weighted by Crippen LogP contribution is 2.21. The van der Waals surface area contributed by atoms with Crippen LogP contribution in [0.3, 0.4) is 0 Å². The number of rotatable bonds is 4. The molecule has 0 aliphatic carbocycles. The SMILES string of the molecule is CC(C)n1cc([N+](=O)[O-])cc1C(=O)Nc1cccc(Br)n1. The zero-order chi connectivity index (χ0) is 15.6. The number of carbonyl (C=O) groups is 1. The second-order valence-corrected chi connectivity index (χ2v) is 5.45. The lowest BCUT2D eigenvalue weighted by molar-refractivity contribution is -0.384. The van der Waals surface area contributed by atoms with E-state index < -0.39 is 10.8 Å². The summed E-state index contributed by atoms with van der Waals surface area (Å²) in [6.07, 6.45) is 1.36. The number of hydrogen-bond acceptors (Lipinski definition) is 4. The maximum atomic E-state index is 12.3. The molecule has 2 aromatic rings. The van der Waals surface area contributed by atoms with E-state index in [1.807, 2.05) is 13.8 Å². The number of halogens is 1. The van der Waals surface area contributed by atoms with Gasteiger partial charge in [0.1, 0.15) is 16.1 Å². The average molecular weight is 353 g/mol. The van der Waals surface area contributed by atoms with E-state index >= 15 is 0 Å². The van der Waals surface area contributed by atoms with Crippen molar-refractivity contribution in [2.45, 2.75) is 19.9 Å². The lowest BCUT2D eigenvalue weighted by atomic mass is 10.3. The third-order valence-electron chi connectivity index (χ3n) is 2.79. The van der Waals surface area contributed by atoms with E-state index in [1.165, 1.54) is 12.3 Å². The summed E-state index contributed by atoms with van der Waals surface area (Å²) in [5, 5.41) is 13.5. The molecule has 21 heavy (non-hydrogen) atoms. The van der Waals surface area contributed by atoms with Crippen LogP contribution in [0.15, 0.2) is 35.1 Å². The summed E-state index contributed by atoms with van der Waals surface area (Å²) in [7, 11) is 0. The van der Waals surface area contributed by atoms with Gasteiger partial charge in [0.2, 0.25) is 0 Å². The summed E-state index contributed by atoms with van der Waals surface area (Å²) in [5.41, 5.74) is 0.106. The Morgan fingerprint density at radius 2 is 2.19 bits per heavy atom. The Kier molecular flexibility index (Phi) is 4.37. The Bertz CT molecular complexity index is 696. The van der Waals surface area contributed by atoms with E-state index in [0.717, 1.165) is 0 Å². The molecule has 1 N–H and O–H groups in total. The number of anilines is 1. The van der Waals surface area contributed by atoms with E-state index in [0.29, 0.717) is 10.4 Å². The molecule has 0 aliphatic heterocycles. The largest absolute Gasteiger partial charge is 0.335 e. The molecule has 0 spiro atoms. The highest BCUT2D eigenvalue weighted by atomic mass is 79.9. The van der Waals surface area contributed by atoms with Gasteiger partial charge in [-0.2, -0.15) is 0 Å². The molecule has 0 aliphatic rings. The fourth-order valence-electron chi connectivity index (χ4n) is 1.83. The van der Waals surface area contributed by atoms with E-state index in [4.69, 9.17) is 0 Å². The molecule has 110 valence electrons. The molecule has 0 saturated carbocycles. The second-order valence-electron chi connectivity index (χ2n) is 4.64. The Balaban J connectivity index is 2.32. The van der Waals surface area contributed by atoms with Crippen LogP contribution >= 0.6 is 15.9 Å². The van der Waals surface area contributed by atoms with Crippen molar-refractivity contribution in [3.05, 3.63) is 50.9 Å². The highest BCUT2D eigenvalue weighted by molar-refractivity contribution is 9.10. The first-order valence-electron chi connectivity index (χ1n) is 6.18. The first kappa shape index (κ1) is 15.2. The molecular formula is C13H13BrN4O3. The van der Waals surface area contributed by atoms with Crippen molar-refractivity contribution in [2.24, 2.45) is 0 Å². The molecule has 2 heterocycles. The van der Waals surface area contributed by atoms with Crippen LogP contribution in [-0.2, 0) is 0 Å². The minimum Gasteiger partial charge on any atom is -0.335 e. The van der Waals surface area contributed by atoms with Crippen molar-refractivity contribution in [1.82, 2.24) is 9.55 Å². The lowest BCUT2D eigenvalue weighted by Crippen LogP contribution is -2.18. The number of carbonyl (C=O) groups excluding carboxylic acids is 1. The van der Waals surface area contributed by atoms with E-state index in [2.05, 4.69) is 26.2 Å². The fourth-order valence-corrected chi connectivity index (χ4v) is 2.18. The first-order valence-corrected chi connectivity index (χ1v) is 6.98. The molecular weight excluding hydrogens is 340 g/mol. The molecule has 1 amide bonds. The van der Waals surface area contributed by atoms with Crippen LogP contribution < -0.4 is 5.32 Å². The quantitative estimate of drug-likeness (QED) is 0.518. The second kappa shape index (κ2) is 6.04. The van der Waals surface area contributed by atoms with Crippen molar-refractivity contribution in [1.29, 1.82) is 0 Å². The third-order valence-corrected chi connectivity index (χ3v) is 3.23. The zero-order valence-corrected chi connectivity index (χ0v) is 13.0. The summed E-state index contributed by atoms with van der Waals surface area (Å²) >= 11 is 3.21. The highest BCUT2D eigenvalue weighted by Gasteiger charge is 2.21. The van der Waals surface area contributed by atoms with E-state index in [9.17, 15) is 14.9 Å². The monoisotopic (exact) mass is 352 g/mol. The predicted octanol–water partition coefficient (Wildman–Crippen LogP) is 3.39. The normalized spacial score (nSPS) is 10.7. The maximum Gasteiger partial charge on any atom is 0.287 e. The summed E-state index contributed by atoms with van der Waals surface area (Å²) in [5.74, 6) is -0.0732. The van der Waals surface area contributed by atoms with Crippen LogP contribution in [0.4, 0.5) is 11.5 Å². The van der Waals surface area contributed by atoms with Crippen molar-refractivity contribution in [2.75, 3.05) is 5.32 Å². The summed E-state index contributed by atoms with van der Waals surface area (Å²) in [4.78, 5) is 26.7. The molecule has 2 rings (SSSR count). The minimum atomic E-state index is -0.521. The summed E-state index contributed by atoms with van der Waals surface area (Å²) < 4.78 is 2.15. The molecule has 0 atom stereocenters. The number of hydrogen-bond donors (Lipinski definition) is 1.